The molecule has 0 fully saturated rings. The van der Waals surface area contributed by atoms with Crippen LogP contribution in [0.4, 0.5) is 8.78 Å². The largest absolute Gasteiger partial charge is 0.206 e. The van der Waals surface area contributed by atoms with E-state index in [0.29, 0.717) is 11.1 Å². The lowest BCUT2D eigenvalue weighted by Crippen LogP contribution is -1.96. The van der Waals surface area contributed by atoms with Gasteiger partial charge in [0.2, 0.25) is 0 Å². The average molecular weight is 455 g/mol. The van der Waals surface area contributed by atoms with Gasteiger partial charge in [0, 0.05) is 22.3 Å². The highest BCUT2D eigenvalue weighted by Crippen LogP contribution is 2.58. The summed E-state index contributed by atoms with van der Waals surface area (Å²) in [6, 6.07) is 32.4. The molecule has 6 aromatic rings. The summed E-state index contributed by atoms with van der Waals surface area (Å²) in [6.07, 6.45) is 0. The van der Waals surface area contributed by atoms with E-state index in [1.54, 1.807) is 12.1 Å². The first-order valence-corrected chi connectivity index (χ1v) is 11.8. The van der Waals surface area contributed by atoms with E-state index in [1.807, 2.05) is 48.5 Å². The van der Waals surface area contributed by atoms with Crippen molar-refractivity contribution < 1.29 is 8.78 Å². The SMILES string of the molecule is Cc1ccc2c3c(cccc13)-c1c-2c(-c2ccccc2F)c2ccccc2c1-c1ccccc1F. The first-order valence-electron chi connectivity index (χ1n) is 11.8. The molecule has 1 aliphatic carbocycles. The molecule has 0 aliphatic heterocycles. The Morgan fingerprint density at radius 1 is 0.400 bits per heavy atom. The zero-order valence-electron chi connectivity index (χ0n) is 19.1. The van der Waals surface area contributed by atoms with E-state index in [1.165, 1.54) is 23.1 Å². The quantitative estimate of drug-likeness (QED) is 0.244. The molecule has 6 aromatic carbocycles. The van der Waals surface area contributed by atoms with Crippen LogP contribution in [0.25, 0.3) is 66.1 Å². The summed E-state index contributed by atoms with van der Waals surface area (Å²) < 4.78 is 30.8. The van der Waals surface area contributed by atoms with Crippen molar-refractivity contribution in [3.8, 4) is 44.5 Å². The van der Waals surface area contributed by atoms with Crippen molar-refractivity contribution in [2.75, 3.05) is 0 Å². The van der Waals surface area contributed by atoms with Crippen LogP contribution in [0.15, 0.2) is 103 Å². The van der Waals surface area contributed by atoms with Crippen LogP contribution >= 0.6 is 0 Å². The molecule has 0 bridgehead atoms. The number of hydrogen-bond donors (Lipinski definition) is 0. The van der Waals surface area contributed by atoms with Crippen molar-refractivity contribution in [3.63, 3.8) is 0 Å². The van der Waals surface area contributed by atoms with Crippen LogP contribution in [0.2, 0.25) is 0 Å². The standard InChI is InChI=1S/C33H20F2/c1-19-17-18-26-29-20(19)13-8-14-25(29)32-30(23-11-4-6-15-27(23)34)21-9-2-3-10-22(21)31(33(26)32)24-12-5-7-16-28(24)35/h2-18H,1H3. The molecule has 0 saturated heterocycles. The van der Waals surface area contributed by atoms with Crippen LogP contribution in [-0.4, -0.2) is 0 Å². The van der Waals surface area contributed by atoms with Crippen molar-refractivity contribution in [1.29, 1.82) is 0 Å². The molecule has 0 atom stereocenters. The maximum Gasteiger partial charge on any atom is 0.131 e. The van der Waals surface area contributed by atoms with Crippen LogP contribution in [0.5, 0.6) is 0 Å². The van der Waals surface area contributed by atoms with E-state index in [4.69, 9.17) is 0 Å². The van der Waals surface area contributed by atoms with E-state index in [2.05, 4.69) is 37.3 Å². The number of hydrogen-bond acceptors (Lipinski definition) is 0. The number of fused-ring (bicyclic) bond motifs is 4. The van der Waals surface area contributed by atoms with Gasteiger partial charge in [-0.15, -0.1) is 0 Å². The minimum atomic E-state index is -0.266. The summed E-state index contributed by atoms with van der Waals surface area (Å²) in [5, 5.41) is 4.14. The molecule has 7 rings (SSSR count). The first kappa shape index (κ1) is 20.1. The van der Waals surface area contributed by atoms with Crippen LogP contribution in [0.1, 0.15) is 5.56 Å². The number of halogens is 2. The Morgan fingerprint density at radius 2 is 0.857 bits per heavy atom. The fraction of sp³-hybridized carbons (Fsp3) is 0.0303. The minimum Gasteiger partial charge on any atom is -0.206 e. The van der Waals surface area contributed by atoms with Gasteiger partial charge in [-0.05, 0) is 68.4 Å². The monoisotopic (exact) mass is 454 g/mol. The molecule has 35 heavy (non-hydrogen) atoms. The van der Waals surface area contributed by atoms with E-state index < -0.39 is 0 Å². The molecular formula is C33H20F2. The summed E-state index contributed by atoms with van der Waals surface area (Å²) in [6.45, 7) is 2.11. The van der Waals surface area contributed by atoms with Crippen molar-refractivity contribution in [2.45, 2.75) is 6.92 Å². The van der Waals surface area contributed by atoms with Crippen molar-refractivity contribution in [3.05, 3.63) is 120 Å². The Bertz CT molecular complexity index is 1730. The molecule has 0 saturated carbocycles. The lowest BCUT2D eigenvalue weighted by Gasteiger charge is -2.21. The molecule has 0 radical (unpaired) electrons. The average Bonchev–Trinajstić information content (AvgIpc) is 3.21. The molecule has 0 spiro atoms. The van der Waals surface area contributed by atoms with E-state index in [9.17, 15) is 0 Å². The Morgan fingerprint density at radius 3 is 1.43 bits per heavy atom. The molecule has 0 unspecified atom stereocenters. The predicted molar refractivity (Wildman–Crippen MR) is 141 cm³/mol. The normalized spacial score (nSPS) is 11.9. The Labute approximate surface area is 202 Å². The molecule has 0 aromatic heterocycles. The fourth-order valence-electron chi connectivity index (χ4n) is 5.83. The van der Waals surface area contributed by atoms with Crippen LogP contribution in [-0.2, 0) is 0 Å². The molecular weight excluding hydrogens is 434 g/mol. The molecule has 0 nitrogen and oxygen atoms in total. The minimum absolute atomic E-state index is 0.266. The number of rotatable bonds is 2. The smallest absolute Gasteiger partial charge is 0.131 e. The van der Waals surface area contributed by atoms with Gasteiger partial charge in [-0.25, -0.2) is 8.78 Å². The lowest BCUT2D eigenvalue weighted by molar-refractivity contribution is 0.631. The van der Waals surface area contributed by atoms with E-state index >= 15 is 8.78 Å². The second-order valence-electron chi connectivity index (χ2n) is 9.16. The number of benzene rings is 6. The topological polar surface area (TPSA) is 0 Å². The molecule has 0 amide bonds. The summed E-state index contributed by atoms with van der Waals surface area (Å²) >= 11 is 0. The Balaban J connectivity index is 1.79. The molecule has 0 N–H and O–H groups in total. The van der Waals surface area contributed by atoms with Gasteiger partial charge in [0.1, 0.15) is 11.6 Å². The molecule has 166 valence electrons. The predicted octanol–water partition coefficient (Wildman–Crippen LogP) is 9.56. The maximum atomic E-state index is 15.4. The van der Waals surface area contributed by atoms with Crippen molar-refractivity contribution in [2.24, 2.45) is 0 Å². The lowest BCUT2D eigenvalue weighted by atomic mass is 9.82. The van der Waals surface area contributed by atoms with Crippen LogP contribution < -0.4 is 0 Å². The summed E-state index contributed by atoms with van der Waals surface area (Å²) in [7, 11) is 0. The highest BCUT2D eigenvalue weighted by Gasteiger charge is 2.31. The second-order valence-corrected chi connectivity index (χ2v) is 9.16. The summed E-state index contributed by atoms with van der Waals surface area (Å²) in [5.74, 6) is -0.532. The second kappa shape index (κ2) is 7.35. The zero-order valence-corrected chi connectivity index (χ0v) is 19.1. The van der Waals surface area contributed by atoms with Gasteiger partial charge in [0.15, 0.2) is 0 Å². The maximum absolute atomic E-state index is 15.4. The molecule has 2 heteroatoms. The van der Waals surface area contributed by atoms with Gasteiger partial charge < -0.3 is 0 Å². The third-order valence-electron chi connectivity index (χ3n) is 7.30. The van der Waals surface area contributed by atoms with Gasteiger partial charge in [-0.2, -0.15) is 0 Å². The highest BCUT2D eigenvalue weighted by atomic mass is 19.1. The van der Waals surface area contributed by atoms with Gasteiger partial charge in [0.25, 0.3) is 0 Å². The van der Waals surface area contributed by atoms with Gasteiger partial charge in [0.05, 0.1) is 0 Å². The summed E-state index contributed by atoms with van der Waals surface area (Å²) in [4.78, 5) is 0. The van der Waals surface area contributed by atoms with Crippen LogP contribution in [0.3, 0.4) is 0 Å². The third-order valence-corrected chi connectivity index (χ3v) is 7.30. The zero-order chi connectivity index (χ0) is 23.7. The number of aryl methyl sites for hydroxylation is 1. The molecule has 1 aliphatic rings. The van der Waals surface area contributed by atoms with E-state index in [0.717, 1.165) is 49.5 Å². The first-order chi connectivity index (χ1) is 17.1. The Hall–Kier alpha value is -4.30. The molecule has 0 heterocycles. The van der Waals surface area contributed by atoms with Gasteiger partial charge in [-0.1, -0.05) is 91.0 Å². The van der Waals surface area contributed by atoms with Gasteiger partial charge in [-0.3, -0.25) is 0 Å². The Kier molecular flexibility index (Phi) is 4.22. The van der Waals surface area contributed by atoms with Crippen molar-refractivity contribution >= 4 is 21.5 Å². The summed E-state index contributed by atoms with van der Waals surface area (Å²) in [5.41, 5.74) is 8.09. The third kappa shape index (κ3) is 2.71. The highest BCUT2D eigenvalue weighted by molar-refractivity contribution is 6.27. The fourth-order valence-corrected chi connectivity index (χ4v) is 5.83. The van der Waals surface area contributed by atoms with Crippen LogP contribution in [0, 0.1) is 18.6 Å². The van der Waals surface area contributed by atoms with Crippen molar-refractivity contribution in [1.82, 2.24) is 0 Å². The van der Waals surface area contributed by atoms with Gasteiger partial charge >= 0.3 is 0 Å². The van der Waals surface area contributed by atoms with E-state index in [-0.39, 0.29) is 11.6 Å².